The molecule has 0 aliphatic heterocycles. The van der Waals surface area contributed by atoms with E-state index in [1.165, 1.54) is 5.56 Å². The van der Waals surface area contributed by atoms with Crippen molar-refractivity contribution in [2.45, 2.75) is 19.8 Å². The van der Waals surface area contributed by atoms with Gasteiger partial charge in [-0.15, -0.1) is 0 Å². The molecule has 0 aliphatic rings. The van der Waals surface area contributed by atoms with Crippen molar-refractivity contribution in [3.05, 3.63) is 59.5 Å². The van der Waals surface area contributed by atoms with Crippen molar-refractivity contribution in [2.75, 3.05) is 5.73 Å². The van der Waals surface area contributed by atoms with Crippen LogP contribution in [0.15, 0.2) is 46.9 Å². The van der Waals surface area contributed by atoms with Gasteiger partial charge in [0.25, 0.3) is 0 Å². The van der Waals surface area contributed by atoms with Crippen LogP contribution in [0.3, 0.4) is 0 Å². The van der Waals surface area contributed by atoms with E-state index in [1.807, 2.05) is 30.3 Å². The Labute approximate surface area is 112 Å². The lowest BCUT2D eigenvalue weighted by Crippen LogP contribution is -1.90. The second kappa shape index (κ2) is 4.76. The van der Waals surface area contributed by atoms with Gasteiger partial charge in [-0.25, -0.2) is 4.98 Å². The first-order valence-corrected chi connectivity index (χ1v) is 6.47. The maximum atomic E-state index is 5.77. The summed E-state index contributed by atoms with van der Waals surface area (Å²) in [7, 11) is 0. The molecule has 2 N–H and O–H groups in total. The summed E-state index contributed by atoms with van der Waals surface area (Å²) in [6.45, 7) is 2.13. The van der Waals surface area contributed by atoms with Gasteiger partial charge in [0.05, 0.1) is 0 Å². The number of rotatable bonds is 3. The predicted molar refractivity (Wildman–Crippen MR) is 77.0 cm³/mol. The molecule has 1 aromatic heterocycles. The van der Waals surface area contributed by atoms with Gasteiger partial charge in [-0.1, -0.05) is 25.1 Å². The highest BCUT2D eigenvalue weighted by Gasteiger charge is 2.07. The van der Waals surface area contributed by atoms with E-state index in [2.05, 4.69) is 24.0 Å². The third kappa shape index (κ3) is 2.45. The van der Waals surface area contributed by atoms with E-state index in [-0.39, 0.29) is 0 Å². The molecule has 0 saturated carbocycles. The van der Waals surface area contributed by atoms with Crippen molar-refractivity contribution < 1.29 is 4.42 Å². The molecule has 0 aliphatic carbocycles. The average Bonchev–Trinajstić information content (AvgIpc) is 2.79. The van der Waals surface area contributed by atoms with Crippen LogP contribution >= 0.6 is 0 Å². The SMILES string of the molecule is CCc1ccc2oc(Cc3cccc(N)c3)nc2c1. The molecular formula is C16H16N2O. The smallest absolute Gasteiger partial charge is 0.199 e. The summed E-state index contributed by atoms with van der Waals surface area (Å²) in [5, 5.41) is 0. The van der Waals surface area contributed by atoms with Gasteiger partial charge in [0.15, 0.2) is 11.5 Å². The first-order valence-electron chi connectivity index (χ1n) is 6.47. The van der Waals surface area contributed by atoms with E-state index in [0.29, 0.717) is 6.42 Å². The number of nitrogens with two attached hydrogens (primary N) is 1. The van der Waals surface area contributed by atoms with Crippen molar-refractivity contribution in [1.82, 2.24) is 4.98 Å². The fourth-order valence-corrected chi connectivity index (χ4v) is 2.19. The first kappa shape index (κ1) is 11.8. The largest absolute Gasteiger partial charge is 0.440 e. The van der Waals surface area contributed by atoms with Gasteiger partial charge < -0.3 is 10.2 Å². The van der Waals surface area contributed by atoms with Gasteiger partial charge in [0, 0.05) is 12.1 Å². The lowest BCUT2D eigenvalue weighted by Gasteiger charge is -1.98. The summed E-state index contributed by atoms with van der Waals surface area (Å²) in [6.07, 6.45) is 1.68. The van der Waals surface area contributed by atoms with E-state index in [9.17, 15) is 0 Å². The van der Waals surface area contributed by atoms with E-state index >= 15 is 0 Å². The number of fused-ring (bicyclic) bond motifs is 1. The Morgan fingerprint density at radius 3 is 2.79 bits per heavy atom. The van der Waals surface area contributed by atoms with E-state index in [1.54, 1.807) is 0 Å². The van der Waals surface area contributed by atoms with Gasteiger partial charge in [0.2, 0.25) is 0 Å². The Bertz CT molecular complexity index is 716. The molecule has 0 amide bonds. The first-order chi connectivity index (χ1) is 9.24. The number of benzene rings is 2. The summed E-state index contributed by atoms with van der Waals surface area (Å²) < 4.78 is 5.76. The van der Waals surface area contributed by atoms with Crippen LogP contribution in [0.1, 0.15) is 23.9 Å². The molecule has 3 rings (SSSR count). The van der Waals surface area contributed by atoms with Gasteiger partial charge in [0.1, 0.15) is 5.52 Å². The molecule has 3 heteroatoms. The summed E-state index contributed by atoms with van der Waals surface area (Å²) >= 11 is 0. The Morgan fingerprint density at radius 1 is 1.11 bits per heavy atom. The number of oxazole rings is 1. The number of hydrogen-bond donors (Lipinski definition) is 1. The van der Waals surface area contributed by atoms with Crippen LogP contribution in [0, 0.1) is 0 Å². The molecule has 0 radical (unpaired) electrons. The van der Waals surface area contributed by atoms with Crippen LogP contribution in [0.2, 0.25) is 0 Å². The number of aromatic nitrogens is 1. The number of anilines is 1. The quantitative estimate of drug-likeness (QED) is 0.725. The van der Waals surface area contributed by atoms with Crippen LogP contribution in [-0.2, 0) is 12.8 Å². The molecule has 0 bridgehead atoms. The predicted octanol–water partition coefficient (Wildman–Crippen LogP) is 3.56. The number of aryl methyl sites for hydroxylation is 1. The fourth-order valence-electron chi connectivity index (χ4n) is 2.19. The standard InChI is InChI=1S/C16H16N2O/c1-2-11-6-7-15-14(9-11)18-16(19-15)10-12-4-3-5-13(17)8-12/h3-9H,2,10,17H2,1H3. The molecule has 96 valence electrons. The molecule has 0 fully saturated rings. The lowest BCUT2D eigenvalue weighted by molar-refractivity contribution is 0.544. The molecule has 0 saturated heterocycles. The molecule has 19 heavy (non-hydrogen) atoms. The fraction of sp³-hybridized carbons (Fsp3) is 0.188. The summed E-state index contributed by atoms with van der Waals surface area (Å²) in [5.41, 5.74) is 10.7. The zero-order valence-corrected chi connectivity index (χ0v) is 10.9. The summed E-state index contributed by atoms with van der Waals surface area (Å²) in [4.78, 5) is 4.54. The van der Waals surface area contributed by atoms with Crippen molar-refractivity contribution >= 4 is 16.8 Å². The van der Waals surface area contributed by atoms with Crippen LogP contribution in [0.4, 0.5) is 5.69 Å². The molecule has 3 nitrogen and oxygen atoms in total. The highest BCUT2D eigenvalue weighted by molar-refractivity contribution is 5.73. The second-order valence-electron chi connectivity index (χ2n) is 4.69. The van der Waals surface area contributed by atoms with E-state index in [0.717, 1.165) is 34.7 Å². The summed E-state index contributed by atoms with van der Waals surface area (Å²) in [6, 6.07) is 14.0. The van der Waals surface area contributed by atoms with Crippen molar-refractivity contribution in [1.29, 1.82) is 0 Å². The molecule has 3 aromatic rings. The van der Waals surface area contributed by atoms with Crippen molar-refractivity contribution in [3.63, 3.8) is 0 Å². The second-order valence-corrected chi connectivity index (χ2v) is 4.69. The lowest BCUT2D eigenvalue weighted by atomic mass is 10.1. The minimum absolute atomic E-state index is 0.668. The zero-order chi connectivity index (χ0) is 13.2. The van der Waals surface area contributed by atoms with Crippen LogP contribution in [0.5, 0.6) is 0 Å². The molecule has 0 spiro atoms. The Kier molecular flexibility index (Phi) is 2.95. The number of hydrogen-bond acceptors (Lipinski definition) is 3. The third-order valence-electron chi connectivity index (χ3n) is 3.21. The zero-order valence-electron chi connectivity index (χ0n) is 10.9. The van der Waals surface area contributed by atoms with Gasteiger partial charge in [-0.05, 0) is 41.8 Å². The Morgan fingerprint density at radius 2 is 2.00 bits per heavy atom. The molecular weight excluding hydrogens is 236 g/mol. The van der Waals surface area contributed by atoms with Crippen molar-refractivity contribution in [2.24, 2.45) is 0 Å². The topological polar surface area (TPSA) is 52.0 Å². The number of nitrogens with zero attached hydrogens (tertiary/aromatic N) is 1. The van der Waals surface area contributed by atoms with Crippen LogP contribution < -0.4 is 5.73 Å². The Balaban J connectivity index is 1.93. The minimum Gasteiger partial charge on any atom is -0.440 e. The molecule has 2 aromatic carbocycles. The maximum Gasteiger partial charge on any atom is 0.199 e. The van der Waals surface area contributed by atoms with Crippen molar-refractivity contribution in [3.8, 4) is 0 Å². The van der Waals surface area contributed by atoms with Crippen LogP contribution in [0.25, 0.3) is 11.1 Å². The van der Waals surface area contributed by atoms with Gasteiger partial charge >= 0.3 is 0 Å². The van der Waals surface area contributed by atoms with Gasteiger partial charge in [-0.3, -0.25) is 0 Å². The van der Waals surface area contributed by atoms with E-state index < -0.39 is 0 Å². The number of nitrogen functional groups attached to an aromatic ring is 1. The minimum atomic E-state index is 0.668. The highest BCUT2D eigenvalue weighted by atomic mass is 16.3. The van der Waals surface area contributed by atoms with E-state index in [4.69, 9.17) is 10.2 Å². The molecule has 0 unspecified atom stereocenters. The third-order valence-corrected chi connectivity index (χ3v) is 3.21. The van der Waals surface area contributed by atoms with Gasteiger partial charge in [-0.2, -0.15) is 0 Å². The normalized spacial score (nSPS) is 11.0. The Hall–Kier alpha value is -2.29. The molecule has 1 heterocycles. The van der Waals surface area contributed by atoms with Crippen LogP contribution in [-0.4, -0.2) is 4.98 Å². The maximum absolute atomic E-state index is 5.77. The molecule has 0 atom stereocenters. The highest BCUT2D eigenvalue weighted by Crippen LogP contribution is 2.20. The monoisotopic (exact) mass is 252 g/mol. The summed E-state index contributed by atoms with van der Waals surface area (Å²) in [5.74, 6) is 0.730. The average molecular weight is 252 g/mol.